The molecule has 98 valence electrons. The number of esters is 1. The van der Waals surface area contributed by atoms with Gasteiger partial charge in [0.25, 0.3) is 0 Å². The smallest absolute Gasteiger partial charge is 0.338 e. The molecule has 1 heterocycles. The van der Waals surface area contributed by atoms with Crippen LogP contribution in [0.3, 0.4) is 0 Å². The number of aryl methyl sites for hydroxylation is 1. The second kappa shape index (κ2) is 4.68. The van der Waals surface area contributed by atoms with Crippen molar-refractivity contribution in [3.8, 4) is 0 Å². The number of benzene rings is 1. The first kappa shape index (κ1) is 13.0. The molecule has 0 aromatic heterocycles. The molecule has 2 rings (SSSR count). The van der Waals surface area contributed by atoms with Gasteiger partial charge in [0.2, 0.25) is 0 Å². The third-order valence-corrected chi connectivity index (χ3v) is 4.48. The molecule has 0 N–H and O–H groups in total. The van der Waals surface area contributed by atoms with Crippen molar-refractivity contribution in [1.82, 2.24) is 0 Å². The van der Waals surface area contributed by atoms with Crippen LogP contribution in [0.4, 0.5) is 4.39 Å². The van der Waals surface area contributed by atoms with Crippen LogP contribution in [0.15, 0.2) is 18.2 Å². The zero-order valence-electron chi connectivity index (χ0n) is 9.85. The quantitative estimate of drug-likeness (QED) is 0.765. The van der Waals surface area contributed by atoms with Crippen LogP contribution in [0.5, 0.6) is 0 Å². The number of hydrogen-bond donors (Lipinski definition) is 0. The molecule has 4 nitrogen and oxygen atoms in total. The van der Waals surface area contributed by atoms with Crippen molar-refractivity contribution < 1.29 is 22.3 Å². The molecular weight excluding hydrogens is 259 g/mol. The van der Waals surface area contributed by atoms with E-state index in [4.69, 9.17) is 4.74 Å². The first-order chi connectivity index (χ1) is 8.35. The van der Waals surface area contributed by atoms with Crippen LogP contribution in [0.2, 0.25) is 0 Å². The molecule has 1 aliphatic rings. The normalized spacial score (nSPS) is 21.8. The lowest BCUT2D eigenvalue weighted by Gasteiger charge is -2.10. The van der Waals surface area contributed by atoms with E-state index in [-0.39, 0.29) is 17.1 Å². The van der Waals surface area contributed by atoms with E-state index in [1.54, 1.807) is 6.92 Å². The van der Waals surface area contributed by atoms with Crippen LogP contribution in [0, 0.1) is 12.7 Å². The van der Waals surface area contributed by atoms with Gasteiger partial charge in [0, 0.05) is 0 Å². The van der Waals surface area contributed by atoms with Gasteiger partial charge in [-0.05, 0) is 37.1 Å². The predicted molar refractivity (Wildman–Crippen MR) is 63.6 cm³/mol. The number of halogens is 1. The van der Waals surface area contributed by atoms with Gasteiger partial charge in [-0.3, -0.25) is 0 Å². The fourth-order valence-corrected chi connectivity index (χ4v) is 3.52. The highest BCUT2D eigenvalue weighted by atomic mass is 32.2. The zero-order valence-corrected chi connectivity index (χ0v) is 10.7. The Morgan fingerprint density at radius 3 is 2.67 bits per heavy atom. The highest BCUT2D eigenvalue weighted by Crippen LogP contribution is 2.17. The molecule has 1 aromatic carbocycles. The molecule has 1 fully saturated rings. The Balaban J connectivity index is 2.08. The van der Waals surface area contributed by atoms with Gasteiger partial charge >= 0.3 is 5.97 Å². The number of carbonyl (C=O) groups is 1. The van der Waals surface area contributed by atoms with Gasteiger partial charge in [0.05, 0.1) is 17.1 Å². The van der Waals surface area contributed by atoms with Crippen LogP contribution < -0.4 is 0 Å². The van der Waals surface area contributed by atoms with Gasteiger partial charge in [-0.2, -0.15) is 0 Å². The second-order valence-electron chi connectivity index (χ2n) is 4.45. The molecule has 0 radical (unpaired) electrons. The van der Waals surface area contributed by atoms with Crippen molar-refractivity contribution in [2.45, 2.75) is 19.4 Å². The third kappa shape index (κ3) is 3.07. The van der Waals surface area contributed by atoms with Crippen molar-refractivity contribution in [3.63, 3.8) is 0 Å². The van der Waals surface area contributed by atoms with E-state index >= 15 is 0 Å². The maximum Gasteiger partial charge on any atom is 0.338 e. The molecule has 1 saturated heterocycles. The molecule has 0 spiro atoms. The molecule has 6 heteroatoms. The SMILES string of the molecule is Cc1cc(F)cc(C(=O)O[C@H]2CCS(=O)(=O)C2)c1. The van der Waals surface area contributed by atoms with Gasteiger partial charge in [0.15, 0.2) is 9.84 Å². The van der Waals surface area contributed by atoms with Crippen molar-refractivity contribution in [2.24, 2.45) is 0 Å². The monoisotopic (exact) mass is 272 g/mol. The highest BCUT2D eigenvalue weighted by molar-refractivity contribution is 7.91. The van der Waals surface area contributed by atoms with Gasteiger partial charge in [-0.25, -0.2) is 17.6 Å². The lowest BCUT2D eigenvalue weighted by Crippen LogP contribution is -2.19. The first-order valence-corrected chi connectivity index (χ1v) is 7.36. The summed E-state index contributed by atoms with van der Waals surface area (Å²) in [5.41, 5.74) is 0.720. The van der Waals surface area contributed by atoms with Crippen molar-refractivity contribution >= 4 is 15.8 Å². The second-order valence-corrected chi connectivity index (χ2v) is 6.68. The number of rotatable bonds is 2. The predicted octanol–water partition coefficient (Wildman–Crippen LogP) is 1.48. The summed E-state index contributed by atoms with van der Waals surface area (Å²) in [6, 6.07) is 3.89. The lowest BCUT2D eigenvalue weighted by molar-refractivity contribution is 0.0355. The number of ether oxygens (including phenoxy) is 1. The van der Waals surface area contributed by atoms with Crippen LogP contribution in [-0.2, 0) is 14.6 Å². The molecule has 1 aromatic rings. The summed E-state index contributed by atoms with van der Waals surface area (Å²) < 4.78 is 40.6. The Morgan fingerprint density at radius 2 is 2.11 bits per heavy atom. The van der Waals surface area contributed by atoms with Crippen molar-refractivity contribution in [1.29, 1.82) is 0 Å². The topological polar surface area (TPSA) is 60.4 Å². The van der Waals surface area contributed by atoms with Gasteiger partial charge in [-0.1, -0.05) is 0 Å². The Labute approximate surface area is 105 Å². The maximum atomic E-state index is 13.1. The highest BCUT2D eigenvalue weighted by Gasteiger charge is 2.31. The maximum absolute atomic E-state index is 13.1. The molecule has 0 aliphatic carbocycles. The summed E-state index contributed by atoms with van der Waals surface area (Å²) in [5.74, 6) is -1.30. The van der Waals surface area contributed by atoms with E-state index in [9.17, 15) is 17.6 Å². The molecule has 1 atom stereocenters. The fourth-order valence-electron chi connectivity index (χ4n) is 1.93. The number of hydrogen-bond acceptors (Lipinski definition) is 4. The Morgan fingerprint density at radius 1 is 1.39 bits per heavy atom. The van der Waals surface area contributed by atoms with Crippen molar-refractivity contribution in [3.05, 3.63) is 35.1 Å². The minimum absolute atomic E-state index is 0.0348. The summed E-state index contributed by atoms with van der Waals surface area (Å²) in [6.07, 6.45) is -0.311. The molecule has 1 aliphatic heterocycles. The fraction of sp³-hybridized carbons (Fsp3) is 0.417. The third-order valence-electron chi connectivity index (χ3n) is 2.74. The van der Waals surface area contributed by atoms with Crippen LogP contribution >= 0.6 is 0 Å². The van der Waals surface area contributed by atoms with E-state index in [1.165, 1.54) is 12.1 Å². The Kier molecular flexibility index (Phi) is 3.38. The summed E-state index contributed by atoms with van der Waals surface area (Å²) in [4.78, 5) is 11.7. The van der Waals surface area contributed by atoms with E-state index in [0.717, 1.165) is 6.07 Å². The Hall–Kier alpha value is -1.43. The average molecular weight is 272 g/mol. The minimum atomic E-state index is -3.09. The summed E-state index contributed by atoms with van der Waals surface area (Å²) >= 11 is 0. The summed E-state index contributed by atoms with van der Waals surface area (Å²) in [6.45, 7) is 1.67. The van der Waals surface area contributed by atoms with Crippen LogP contribution in [0.25, 0.3) is 0 Å². The molecule has 18 heavy (non-hydrogen) atoms. The van der Waals surface area contributed by atoms with E-state index in [1.807, 2.05) is 0 Å². The standard InChI is InChI=1S/C12H13FO4S/c1-8-4-9(6-10(13)5-8)12(14)17-11-2-3-18(15,16)7-11/h4-6,11H,2-3,7H2,1H3/t11-/m0/s1. The summed E-state index contributed by atoms with van der Waals surface area (Å²) in [5, 5.41) is 0. The van der Waals surface area contributed by atoms with Crippen LogP contribution in [0.1, 0.15) is 22.3 Å². The van der Waals surface area contributed by atoms with E-state index in [0.29, 0.717) is 12.0 Å². The van der Waals surface area contributed by atoms with Gasteiger partial charge < -0.3 is 4.74 Å². The van der Waals surface area contributed by atoms with Crippen molar-refractivity contribution in [2.75, 3.05) is 11.5 Å². The van der Waals surface area contributed by atoms with E-state index < -0.39 is 27.7 Å². The van der Waals surface area contributed by atoms with Gasteiger partial charge in [-0.15, -0.1) is 0 Å². The Bertz CT molecular complexity index is 559. The molecule has 0 amide bonds. The molecule has 0 saturated carbocycles. The largest absolute Gasteiger partial charge is 0.458 e. The van der Waals surface area contributed by atoms with E-state index in [2.05, 4.69) is 0 Å². The molecule has 0 unspecified atom stereocenters. The van der Waals surface area contributed by atoms with Crippen LogP contribution in [-0.4, -0.2) is 32.0 Å². The number of sulfone groups is 1. The first-order valence-electron chi connectivity index (χ1n) is 5.54. The van der Waals surface area contributed by atoms with Gasteiger partial charge in [0.1, 0.15) is 11.9 Å². The molecular formula is C12H13FO4S. The molecule has 0 bridgehead atoms. The minimum Gasteiger partial charge on any atom is -0.458 e. The summed E-state index contributed by atoms with van der Waals surface area (Å²) in [7, 11) is -3.09. The number of carbonyl (C=O) groups excluding carboxylic acids is 1. The zero-order chi connectivity index (χ0) is 13.3. The average Bonchev–Trinajstić information content (AvgIpc) is 2.56. The lowest BCUT2D eigenvalue weighted by atomic mass is 10.1.